The summed E-state index contributed by atoms with van der Waals surface area (Å²) < 4.78 is 43.2. The van der Waals surface area contributed by atoms with Crippen molar-refractivity contribution in [2.75, 3.05) is 18.5 Å². The SMILES string of the molecule is COc1cc2c(cc1OC)N(S(=O)(=O)c1ccc(C)cc1)C(c1ccc(Cl)cc1)(c1ccc(Cl)cc1)C=C2c1ccccc1. The number of methoxy groups -OCH3 is 2. The fourth-order valence-electron chi connectivity index (χ4n) is 5.75. The third-order valence-electron chi connectivity index (χ3n) is 7.90. The second-order valence-corrected chi connectivity index (χ2v) is 13.2. The molecule has 0 aliphatic carbocycles. The van der Waals surface area contributed by atoms with E-state index < -0.39 is 15.6 Å². The highest BCUT2D eigenvalue weighted by Crippen LogP contribution is 2.54. The molecule has 5 aromatic carbocycles. The Morgan fingerprint density at radius 3 is 1.73 bits per heavy atom. The Bertz CT molecular complexity index is 1910. The van der Waals surface area contributed by atoms with Crippen LogP contribution in [0.15, 0.2) is 126 Å². The zero-order valence-corrected chi connectivity index (χ0v) is 26.6. The molecule has 6 rings (SSSR count). The third kappa shape index (κ3) is 5.03. The van der Waals surface area contributed by atoms with E-state index in [2.05, 4.69) is 0 Å². The van der Waals surface area contributed by atoms with Crippen molar-refractivity contribution in [3.63, 3.8) is 0 Å². The van der Waals surface area contributed by atoms with E-state index in [1.54, 1.807) is 61.7 Å². The van der Waals surface area contributed by atoms with E-state index >= 15 is 8.42 Å². The summed E-state index contributed by atoms with van der Waals surface area (Å²) in [6.07, 6.45) is 2.01. The standard InChI is InChI=1S/C36H29Cl2NO4S/c1-24-9-19-30(20-10-24)44(40,41)39-33-22-35(43-3)34(42-2)21-31(33)32(25-7-5-4-6-8-25)23-36(39,26-11-15-28(37)16-12-26)27-13-17-29(38)18-14-27/h4-23H,1-3H3. The number of halogens is 2. The van der Waals surface area contributed by atoms with Crippen LogP contribution >= 0.6 is 23.2 Å². The normalized spacial score (nSPS) is 14.0. The molecule has 5 nitrogen and oxygen atoms in total. The van der Waals surface area contributed by atoms with E-state index in [1.807, 2.05) is 73.7 Å². The number of hydrogen-bond acceptors (Lipinski definition) is 4. The van der Waals surface area contributed by atoms with Crippen molar-refractivity contribution in [3.8, 4) is 11.5 Å². The molecule has 0 fully saturated rings. The highest BCUT2D eigenvalue weighted by molar-refractivity contribution is 7.93. The average Bonchev–Trinajstić information content (AvgIpc) is 3.04. The molecule has 0 radical (unpaired) electrons. The second kappa shape index (κ2) is 11.7. The van der Waals surface area contributed by atoms with Crippen molar-refractivity contribution < 1.29 is 17.9 Å². The molecule has 0 N–H and O–H groups in total. The minimum atomic E-state index is -4.24. The van der Waals surface area contributed by atoms with Crippen LogP contribution in [0.3, 0.4) is 0 Å². The summed E-state index contributed by atoms with van der Waals surface area (Å²) in [5, 5.41) is 1.06. The molecule has 0 aromatic heterocycles. The Morgan fingerprint density at radius 1 is 0.682 bits per heavy atom. The first-order valence-electron chi connectivity index (χ1n) is 13.9. The molecule has 44 heavy (non-hydrogen) atoms. The molecule has 0 unspecified atom stereocenters. The molecule has 1 aliphatic rings. The van der Waals surface area contributed by atoms with Gasteiger partial charge in [0.2, 0.25) is 0 Å². The predicted octanol–water partition coefficient (Wildman–Crippen LogP) is 8.90. The summed E-state index contributed by atoms with van der Waals surface area (Å²) in [6, 6.07) is 34.8. The lowest BCUT2D eigenvalue weighted by Crippen LogP contribution is -2.51. The lowest BCUT2D eigenvalue weighted by atomic mass is 9.76. The van der Waals surface area contributed by atoms with Crippen LogP contribution in [-0.4, -0.2) is 22.6 Å². The Labute approximate surface area is 268 Å². The Kier molecular flexibility index (Phi) is 7.93. The van der Waals surface area contributed by atoms with Crippen LogP contribution in [0.25, 0.3) is 5.57 Å². The predicted molar refractivity (Wildman–Crippen MR) is 178 cm³/mol. The maximum absolute atomic E-state index is 15.1. The molecule has 5 aromatic rings. The van der Waals surface area contributed by atoms with E-state index in [4.69, 9.17) is 32.7 Å². The molecule has 0 saturated heterocycles. The Morgan fingerprint density at radius 2 is 1.20 bits per heavy atom. The van der Waals surface area contributed by atoms with Gasteiger partial charge in [-0.2, -0.15) is 0 Å². The largest absolute Gasteiger partial charge is 0.493 e. The van der Waals surface area contributed by atoms with Gasteiger partial charge >= 0.3 is 0 Å². The molecule has 0 spiro atoms. The summed E-state index contributed by atoms with van der Waals surface area (Å²) in [7, 11) is -1.15. The molecule has 8 heteroatoms. The van der Waals surface area contributed by atoms with Gasteiger partial charge in [0.25, 0.3) is 10.0 Å². The highest BCUT2D eigenvalue weighted by atomic mass is 35.5. The van der Waals surface area contributed by atoms with Crippen LogP contribution in [0, 0.1) is 6.92 Å². The minimum absolute atomic E-state index is 0.146. The first-order chi connectivity index (χ1) is 21.2. The van der Waals surface area contributed by atoms with Crippen LogP contribution < -0.4 is 13.8 Å². The van der Waals surface area contributed by atoms with E-state index in [0.717, 1.165) is 16.7 Å². The van der Waals surface area contributed by atoms with Gasteiger partial charge in [-0.25, -0.2) is 12.7 Å². The number of ether oxygens (including phenoxy) is 2. The van der Waals surface area contributed by atoms with Gasteiger partial charge in [-0.05, 0) is 77.7 Å². The number of anilines is 1. The molecule has 0 amide bonds. The minimum Gasteiger partial charge on any atom is -0.493 e. The fourth-order valence-corrected chi connectivity index (χ4v) is 7.75. The number of fused-ring (bicyclic) bond motifs is 1. The van der Waals surface area contributed by atoms with E-state index in [1.165, 1.54) is 11.4 Å². The fraction of sp³-hybridized carbons (Fsp3) is 0.111. The van der Waals surface area contributed by atoms with E-state index in [9.17, 15) is 0 Å². The number of sulfonamides is 1. The van der Waals surface area contributed by atoms with Crippen LogP contribution in [0.2, 0.25) is 10.0 Å². The van der Waals surface area contributed by atoms with Gasteiger partial charge in [0.05, 0.1) is 24.8 Å². The van der Waals surface area contributed by atoms with Crippen LogP contribution in [0.1, 0.15) is 27.8 Å². The zero-order valence-electron chi connectivity index (χ0n) is 24.3. The highest BCUT2D eigenvalue weighted by Gasteiger charge is 2.50. The average molecular weight is 643 g/mol. The summed E-state index contributed by atoms with van der Waals surface area (Å²) in [4.78, 5) is 0.146. The van der Waals surface area contributed by atoms with E-state index in [-0.39, 0.29) is 4.90 Å². The molecule has 0 atom stereocenters. The van der Waals surface area contributed by atoms with Crippen molar-refractivity contribution in [1.82, 2.24) is 0 Å². The number of aryl methyl sites for hydroxylation is 1. The first-order valence-corrected chi connectivity index (χ1v) is 16.1. The monoisotopic (exact) mass is 641 g/mol. The molecule has 0 bridgehead atoms. The van der Waals surface area contributed by atoms with Gasteiger partial charge in [-0.15, -0.1) is 0 Å². The number of benzene rings is 5. The number of nitrogens with zero attached hydrogens (tertiary/aromatic N) is 1. The van der Waals surface area contributed by atoms with E-state index in [0.29, 0.717) is 43.9 Å². The summed E-state index contributed by atoms with van der Waals surface area (Å²) in [5.74, 6) is 0.872. The number of rotatable bonds is 7. The van der Waals surface area contributed by atoms with Gasteiger partial charge in [-0.1, -0.05) is 95.5 Å². The zero-order chi connectivity index (χ0) is 31.1. The van der Waals surface area contributed by atoms with Crippen molar-refractivity contribution in [3.05, 3.63) is 159 Å². The molecule has 1 aliphatic heterocycles. The van der Waals surface area contributed by atoms with Crippen LogP contribution in [0.4, 0.5) is 5.69 Å². The lowest BCUT2D eigenvalue weighted by Gasteiger charge is -2.47. The molecular weight excluding hydrogens is 613 g/mol. The molecular formula is C36H29Cl2NO4S. The smallest absolute Gasteiger partial charge is 0.265 e. The number of hydrogen-bond donors (Lipinski definition) is 0. The van der Waals surface area contributed by atoms with Gasteiger partial charge in [0.1, 0.15) is 5.54 Å². The van der Waals surface area contributed by atoms with Crippen molar-refractivity contribution >= 4 is 44.5 Å². The maximum Gasteiger partial charge on any atom is 0.265 e. The van der Waals surface area contributed by atoms with Gasteiger partial charge in [0.15, 0.2) is 11.5 Å². The van der Waals surface area contributed by atoms with Gasteiger partial charge in [0, 0.05) is 21.7 Å². The lowest BCUT2D eigenvalue weighted by molar-refractivity contribution is 0.355. The summed E-state index contributed by atoms with van der Waals surface area (Å²) >= 11 is 12.8. The van der Waals surface area contributed by atoms with Gasteiger partial charge < -0.3 is 9.47 Å². The molecule has 222 valence electrons. The Hall–Kier alpha value is -4.23. The topological polar surface area (TPSA) is 55.8 Å². The van der Waals surface area contributed by atoms with Crippen molar-refractivity contribution in [2.45, 2.75) is 17.4 Å². The summed E-state index contributed by atoms with van der Waals surface area (Å²) in [6.45, 7) is 1.92. The maximum atomic E-state index is 15.1. The van der Waals surface area contributed by atoms with Crippen LogP contribution in [-0.2, 0) is 15.6 Å². The second-order valence-electron chi connectivity index (χ2n) is 10.5. The molecule has 1 heterocycles. The van der Waals surface area contributed by atoms with Crippen molar-refractivity contribution in [2.24, 2.45) is 0 Å². The Balaban J connectivity index is 1.82. The third-order valence-corrected chi connectivity index (χ3v) is 10.2. The van der Waals surface area contributed by atoms with Crippen LogP contribution in [0.5, 0.6) is 11.5 Å². The first kappa shape index (κ1) is 29.8. The van der Waals surface area contributed by atoms with Crippen molar-refractivity contribution in [1.29, 1.82) is 0 Å². The summed E-state index contributed by atoms with van der Waals surface area (Å²) in [5.41, 5.74) is 3.77. The van der Waals surface area contributed by atoms with Gasteiger partial charge in [-0.3, -0.25) is 0 Å². The molecule has 0 saturated carbocycles. The quantitative estimate of drug-likeness (QED) is 0.178.